The number of nitrogens with one attached hydrogen (secondary N) is 1. The quantitative estimate of drug-likeness (QED) is 0.845. The van der Waals surface area contributed by atoms with Crippen molar-refractivity contribution >= 4 is 17.4 Å². The normalized spacial score (nSPS) is 11.2. The zero-order chi connectivity index (χ0) is 12.8. The van der Waals surface area contributed by atoms with E-state index >= 15 is 0 Å². The molecular formula is C13H22ClN3. The van der Waals surface area contributed by atoms with Gasteiger partial charge in [-0.3, -0.25) is 4.90 Å². The van der Waals surface area contributed by atoms with Crippen LogP contribution in [0.3, 0.4) is 0 Å². The first-order chi connectivity index (χ1) is 8.08. The third-order valence-electron chi connectivity index (χ3n) is 2.77. The van der Waals surface area contributed by atoms with Crippen LogP contribution in [0.5, 0.6) is 0 Å². The van der Waals surface area contributed by atoms with Crippen molar-refractivity contribution < 1.29 is 0 Å². The summed E-state index contributed by atoms with van der Waals surface area (Å²) in [4.78, 5) is 6.89. The Morgan fingerprint density at radius 1 is 1.41 bits per heavy atom. The van der Waals surface area contributed by atoms with Crippen molar-refractivity contribution in [2.75, 3.05) is 18.9 Å². The summed E-state index contributed by atoms with van der Waals surface area (Å²) in [6, 6.07) is 4.30. The third-order valence-corrected chi connectivity index (χ3v) is 3.11. The van der Waals surface area contributed by atoms with Crippen molar-refractivity contribution in [1.82, 2.24) is 9.88 Å². The van der Waals surface area contributed by atoms with Crippen LogP contribution in [0.25, 0.3) is 0 Å². The van der Waals surface area contributed by atoms with Crippen LogP contribution < -0.4 is 5.32 Å². The Hall–Kier alpha value is -0.800. The van der Waals surface area contributed by atoms with E-state index < -0.39 is 0 Å². The summed E-state index contributed by atoms with van der Waals surface area (Å²) in [6.07, 6.45) is 1.14. The SMILES string of the molecule is CCCN(Cc1nc(NC)ccc1Cl)C(C)C. The average Bonchev–Trinajstić information content (AvgIpc) is 2.31. The molecule has 0 aliphatic rings. The molecule has 0 aromatic carbocycles. The van der Waals surface area contributed by atoms with Crippen LogP contribution in [-0.4, -0.2) is 29.5 Å². The number of halogens is 1. The van der Waals surface area contributed by atoms with Gasteiger partial charge in [-0.15, -0.1) is 0 Å². The smallest absolute Gasteiger partial charge is 0.126 e. The molecule has 0 unspecified atom stereocenters. The van der Waals surface area contributed by atoms with Gasteiger partial charge in [-0.2, -0.15) is 0 Å². The highest BCUT2D eigenvalue weighted by atomic mass is 35.5. The van der Waals surface area contributed by atoms with Gasteiger partial charge in [0.15, 0.2) is 0 Å². The highest BCUT2D eigenvalue weighted by Crippen LogP contribution is 2.19. The lowest BCUT2D eigenvalue weighted by molar-refractivity contribution is 0.211. The molecule has 1 aromatic heterocycles. The second kappa shape index (κ2) is 6.82. The molecule has 96 valence electrons. The predicted octanol–water partition coefficient (Wildman–Crippen LogP) is 3.40. The summed E-state index contributed by atoms with van der Waals surface area (Å²) >= 11 is 6.19. The van der Waals surface area contributed by atoms with Gasteiger partial charge in [0.2, 0.25) is 0 Å². The zero-order valence-corrected chi connectivity index (χ0v) is 11.9. The Morgan fingerprint density at radius 2 is 2.12 bits per heavy atom. The van der Waals surface area contributed by atoms with Gasteiger partial charge in [0.25, 0.3) is 0 Å². The standard InChI is InChI=1S/C13H22ClN3/c1-5-8-17(10(2)3)9-12-11(14)6-7-13(15-4)16-12/h6-7,10H,5,8-9H2,1-4H3,(H,15,16). The Balaban J connectivity index is 2.84. The second-order valence-electron chi connectivity index (χ2n) is 4.44. The van der Waals surface area contributed by atoms with Gasteiger partial charge in [0.05, 0.1) is 10.7 Å². The Bertz CT molecular complexity index is 353. The number of rotatable bonds is 6. The zero-order valence-electron chi connectivity index (χ0n) is 11.1. The van der Waals surface area contributed by atoms with Crippen molar-refractivity contribution in [3.8, 4) is 0 Å². The molecule has 1 rings (SSSR count). The fourth-order valence-corrected chi connectivity index (χ4v) is 1.90. The molecule has 0 aliphatic carbocycles. The Kier molecular flexibility index (Phi) is 5.72. The van der Waals surface area contributed by atoms with Gasteiger partial charge < -0.3 is 5.32 Å². The summed E-state index contributed by atoms with van der Waals surface area (Å²) in [7, 11) is 1.87. The first-order valence-electron chi connectivity index (χ1n) is 6.15. The first-order valence-corrected chi connectivity index (χ1v) is 6.53. The fraction of sp³-hybridized carbons (Fsp3) is 0.615. The Morgan fingerprint density at radius 3 is 2.65 bits per heavy atom. The van der Waals surface area contributed by atoms with E-state index in [9.17, 15) is 0 Å². The highest BCUT2D eigenvalue weighted by molar-refractivity contribution is 6.31. The van der Waals surface area contributed by atoms with Gasteiger partial charge >= 0.3 is 0 Å². The molecule has 0 saturated heterocycles. The minimum absolute atomic E-state index is 0.506. The van der Waals surface area contributed by atoms with Crippen molar-refractivity contribution in [2.24, 2.45) is 0 Å². The van der Waals surface area contributed by atoms with E-state index in [0.29, 0.717) is 6.04 Å². The molecule has 0 bridgehead atoms. The lowest BCUT2D eigenvalue weighted by atomic mass is 10.2. The van der Waals surface area contributed by atoms with Gasteiger partial charge in [-0.1, -0.05) is 18.5 Å². The summed E-state index contributed by atoms with van der Waals surface area (Å²) in [5, 5.41) is 3.78. The van der Waals surface area contributed by atoms with Crippen molar-refractivity contribution in [2.45, 2.75) is 39.8 Å². The van der Waals surface area contributed by atoms with E-state index in [2.05, 4.69) is 36.0 Å². The van der Waals surface area contributed by atoms with Crippen LogP contribution in [0.4, 0.5) is 5.82 Å². The summed E-state index contributed by atoms with van der Waals surface area (Å²) in [5.41, 5.74) is 0.945. The van der Waals surface area contributed by atoms with E-state index in [1.807, 2.05) is 19.2 Å². The number of nitrogens with zero attached hydrogens (tertiary/aromatic N) is 2. The van der Waals surface area contributed by atoms with Crippen molar-refractivity contribution in [3.63, 3.8) is 0 Å². The Labute approximate surface area is 109 Å². The number of anilines is 1. The molecule has 0 saturated carbocycles. The van der Waals surface area contributed by atoms with Crippen LogP contribution in [0.2, 0.25) is 5.02 Å². The first kappa shape index (κ1) is 14.3. The van der Waals surface area contributed by atoms with E-state index in [1.54, 1.807) is 0 Å². The second-order valence-corrected chi connectivity index (χ2v) is 4.85. The molecule has 0 spiro atoms. The molecule has 17 heavy (non-hydrogen) atoms. The molecule has 0 fully saturated rings. The van der Waals surface area contributed by atoms with Crippen LogP contribution >= 0.6 is 11.6 Å². The largest absolute Gasteiger partial charge is 0.373 e. The third kappa shape index (κ3) is 4.17. The topological polar surface area (TPSA) is 28.2 Å². The molecule has 0 amide bonds. The fourth-order valence-electron chi connectivity index (χ4n) is 1.73. The van der Waals surface area contributed by atoms with Gasteiger partial charge in [0.1, 0.15) is 5.82 Å². The molecule has 3 nitrogen and oxygen atoms in total. The number of pyridine rings is 1. The van der Waals surface area contributed by atoms with Gasteiger partial charge in [-0.05, 0) is 38.9 Å². The molecule has 0 aliphatic heterocycles. The number of aromatic nitrogens is 1. The summed E-state index contributed by atoms with van der Waals surface area (Å²) < 4.78 is 0. The molecule has 1 aromatic rings. The minimum atomic E-state index is 0.506. The number of hydrogen-bond donors (Lipinski definition) is 1. The lowest BCUT2D eigenvalue weighted by Gasteiger charge is -2.26. The molecular weight excluding hydrogens is 234 g/mol. The minimum Gasteiger partial charge on any atom is -0.373 e. The van der Waals surface area contributed by atoms with E-state index in [1.165, 1.54) is 0 Å². The van der Waals surface area contributed by atoms with E-state index in [0.717, 1.165) is 36.0 Å². The van der Waals surface area contributed by atoms with Gasteiger partial charge in [0, 0.05) is 19.6 Å². The number of hydrogen-bond acceptors (Lipinski definition) is 3. The molecule has 0 radical (unpaired) electrons. The van der Waals surface area contributed by atoms with Crippen molar-refractivity contribution in [1.29, 1.82) is 0 Å². The monoisotopic (exact) mass is 255 g/mol. The molecule has 4 heteroatoms. The predicted molar refractivity (Wildman–Crippen MR) is 74.6 cm³/mol. The van der Waals surface area contributed by atoms with Crippen LogP contribution in [0.1, 0.15) is 32.9 Å². The van der Waals surface area contributed by atoms with Crippen molar-refractivity contribution in [3.05, 3.63) is 22.8 Å². The van der Waals surface area contributed by atoms with Gasteiger partial charge in [-0.25, -0.2) is 4.98 Å². The van der Waals surface area contributed by atoms with E-state index in [-0.39, 0.29) is 0 Å². The molecule has 1 heterocycles. The maximum atomic E-state index is 6.19. The maximum Gasteiger partial charge on any atom is 0.126 e. The summed E-state index contributed by atoms with van der Waals surface area (Å²) in [6.45, 7) is 8.46. The van der Waals surface area contributed by atoms with E-state index in [4.69, 9.17) is 11.6 Å². The highest BCUT2D eigenvalue weighted by Gasteiger charge is 2.12. The average molecular weight is 256 g/mol. The molecule has 0 atom stereocenters. The van der Waals surface area contributed by atoms with Crippen LogP contribution in [-0.2, 0) is 6.54 Å². The van der Waals surface area contributed by atoms with Crippen LogP contribution in [0.15, 0.2) is 12.1 Å². The van der Waals surface area contributed by atoms with Crippen LogP contribution in [0, 0.1) is 0 Å². The maximum absolute atomic E-state index is 6.19. The lowest BCUT2D eigenvalue weighted by Crippen LogP contribution is -2.31. The molecule has 1 N–H and O–H groups in total. The summed E-state index contributed by atoms with van der Waals surface area (Å²) in [5.74, 6) is 0.865.